The van der Waals surface area contributed by atoms with Gasteiger partial charge in [-0.1, -0.05) is 35.9 Å². The summed E-state index contributed by atoms with van der Waals surface area (Å²) in [7, 11) is 0. The highest BCUT2D eigenvalue weighted by atomic mass is 16.1. The Bertz CT molecular complexity index is 849. The van der Waals surface area contributed by atoms with E-state index in [1.807, 2.05) is 6.07 Å². The Morgan fingerprint density at radius 3 is 2.57 bits per heavy atom. The molecule has 0 bridgehead atoms. The van der Waals surface area contributed by atoms with Crippen LogP contribution in [0.4, 0.5) is 11.4 Å². The fraction of sp³-hybridized carbons (Fsp3) is 0.375. The van der Waals surface area contributed by atoms with Crippen LogP contribution in [0, 0.1) is 6.92 Å². The molecule has 2 aliphatic rings. The number of carbonyl (C=O) groups is 1. The molecule has 2 aliphatic heterocycles. The molecule has 1 fully saturated rings. The molecule has 1 saturated heterocycles. The summed E-state index contributed by atoms with van der Waals surface area (Å²) in [5.74, 6) is 0.123. The first kappa shape index (κ1) is 18.8. The minimum absolute atomic E-state index is 0.123. The van der Waals surface area contributed by atoms with Crippen molar-refractivity contribution in [3.8, 4) is 0 Å². The zero-order valence-corrected chi connectivity index (χ0v) is 16.7. The van der Waals surface area contributed by atoms with E-state index >= 15 is 0 Å². The Hall–Kier alpha value is -2.59. The second-order valence-corrected chi connectivity index (χ2v) is 7.82. The molecule has 0 spiro atoms. The molecule has 0 aliphatic carbocycles. The van der Waals surface area contributed by atoms with Crippen molar-refractivity contribution >= 4 is 23.4 Å². The topological polar surface area (TPSA) is 35.6 Å². The van der Waals surface area contributed by atoms with Crippen LogP contribution in [-0.4, -0.2) is 43.5 Å². The molecule has 2 aromatic carbocycles. The van der Waals surface area contributed by atoms with Gasteiger partial charge in [0.25, 0.3) is 0 Å². The molecule has 0 unspecified atom stereocenters. The largest absolute Gasteiger partial charge is 0.369 e. The van der Waals surface area contributed by atoms with Crippen LogP contribution in [0.15, 0.2) is 48.5 Å². The van der Waals surface area contributed by atoms with Gasteiger partial charge in [-0.3, -0.25) is 9.69 Å². The molecule has 0 radical (unpaired) electrons. The molecule has 1 amide bonds. The molecule has 0 aromatic heterocycles. The Labute approximate surface area is 167 Å². The van der Waals surface area contributed by atoms with Crippen LogP contribution in [-0.2, 0) is 11.2 Å². The lowest BCUT2D eigenvalue weighted by Crippen LogP contribution is -2.46. The highest BCUT2D eigenvalue weighted by Crippen LogP contribution is 2.24. The zero-order valence-electron chi connectivity index (χ0n) is 16.7. The van der Waals surface area contributed by atoms with Crippen LogP contribution in [0.5, 0.6) is 0 Å². The van der Waals surface area contributed by atoms with Gasteiger partial charge in [-0.2, -0.15) is 0 Å². The standard InChI is InChI=1S/C24H29N3O/c1-19-5-9-22(10-6-19)27-16-14-26(15-17-27)13-3-2-4-20-7-11-23-21(18-20)8-12-24(28)25-23/h2,4-7,9-11,18H,3,8,12-17H2,1H3,(H,25,28). The summed E-state index contributed by atoms with van der Waals surface area (Å²) in [4.78, 5) is 16.5. The van der Waals surface area contributed by atoms with Crippen molar-refractivity contribution in [1.82, 2.24) is 4.90 Å². The third-order valence-electron chi connectivity index (χ3n) is 5.72. The lowest BCUT2D eigenvalue weighted by atomic mass is 10.00. The molecule has 0 saturated carbocycles. The summed E-state index contributed by atoms with van der Waals surface area (Å²) >= 11 is 0. The van der Waals surface area contributed by atoms with Crippen molar-refractivity contribution in [1.29, 1.82) is 0 Å². The quantitative estimate of drug-likeness (QED) is 0.854. The van der Waals surface area contributed by atoms with Gasteiger partial charge in [-0.05, 0) is 55.2 Å². The first-order chi connectivity index (χ1) is 13.7. The maximum atomic E-state index is 11.5. The number of rotatable bonds is 5. The summed E-state index contributed by atoms with van der Waals surface area (Å²) in [6.07, 6.45) is 6.98. The number of hydrogen-bond acceptors (Lipinski definition) is 3. The third-order valence-corrected chi connectivity index (χ3v) is 5.72. The lowest BCUT2D eigenvalue weighted by Gasteiger charge is -2.36. The predicted octanol–water partition coefficient (Wildman–Crippen LogP) is 4.11. The zero-order chi connectivity index (χ0) is 19.3. The van der Waals surface area contributed by atoms with Crippen molar-refractivity contribution < 1.29 is 4.79 Å². The number of carbonyl (C=O) groups excluding carboxylic acids is 1. The summed E-state index contributed by atoms with van der Waals surface area (Å²) < 4.78 is 0. The number of anilines is 2. The summed E-state index contributed by atoms with van der Waals surface area (Å²) in [6, 6.07) is 15.2. The number of aryl methyl sites for hydroxylation is 2. The molecule has 1 N–H and O–H groups in total. The molecular weight excluding hydrogens is 346 g/mol. The Balaban J connectivity index is 1.23. The van der Waals surface area contributed by atoms with Gasteiger partial charge in [0.15, 0.2) is 0 Å². The van der Waals surface area contributed by atoms with E-state index in [9.17, 15) is 4.79 Å². The van der Waals surface area contributed by atoms with E-state index in [-0.39, 0.29) is 5.91 Å². The van der Waals surface area contributed by atoms with E-state index in [2.05, 4.69) is 70.6 Å². The third kappa shape index (κ3) is 4.63. The molecule has 4 heteroatoms. The van der Waals surface area contributed by atoms with Gasteiger partial charge in [0.2, 0.25) is 5.91 Å². The average molecular weight is 376 g/mol. The van der Waals surface area contributed by atoms with Gasteiger partial charge >= 0.3 is 0 Å². The predicted molar refractivity (Wildman–Crippen MR) is 117 cm³/mol. The minimum Gasteiger partial charge on any atom is -0.369 e. The first-order valence-corrected chi connectivity index (χ1v) is 10.3. The highest BCUT2D eigenvalue weighted by Gasteiger charge is 2.16. The second-order valence-electron chi connectivity index (χ2n) is 7.82. The molecule has 4 rings (SSSR count). The monoisotopic (exact) mass is 375 g/mol. The number of piperazine rings is 1. The summed E-state index contributed by atoms with van der Waals surface area (Å²) in [6.45, 7) is 7.70. The van der Waals surface area contributed by atoms with Crippen molar-refractivity contribution in [3.63, 3.8) is 0 Å². The van der Waals surface area contributed by atoms with E-state index in [1.54, 1.807) is 0 Å². The fourth-order valence-electron chi connectivity index (χ4n) is 3.97. The molecule has 0 atom stereocenters. The van der Waals surface area contributed by atoms with Crippen molar-refractivity contribution in [2.75, 3.05) is 42.9 Å². The smallest absolute Gasteiger partial charge is 0.224 e. The maximum Gasteiger partial charge on any atom is 0.224 e. The molecule has 28 heavy (non-hydrogen) atoms. The number of nitrogens with zero attached hydrogens (tertiary/aromatic N) is 2. The van der Waals surface area contributed by atoms with E-state index in [1.165, 1.54) is 22.4 Å². The molecule has 4 nitrogen and oxygen atoms in total. The van der Waals surface area contributed by atoms with Gasteiger partial charge in [-0.25, -0.2) is 0 Å². The van der Waals surface area contributed by atoms with Crippen LogP contribution in [0.25, 0.3) is 6.08 Å². The van der Waals surface area contributed by atoms with E-state index in [0.29, 0.717) is 6.42 Å². The lowest BCUT2D eigenvalue weighted by molar-refractivity contribution is -0.116. The van der Waals surface area contributed by atoms with Crippen molar-refractivity contribution in [2.24, 2.45) is 0 Å². The van der Waals surface area contributed by atoms with Crippen molar-refractivity contribution in [3.05, 3.63) is 65.2 Å². The highest BCUT2D eigenvalue weighted by molar-refractivity contribution is 5.94. The van der Waals surface area contributed by atoms with E-state index < -0.39 is 0 Å². The van der Waals surface area contributed by atoms with Crippen LogP contribution >= 0.6 is 0 Å². The maximum absolute atomic E-state index is 11.5. The fourth-order valence-corrected chi connectivity index (χ4v) is 3.97. The van der Waals surface area contributed by atoms with Crippen LogP contribution < -0.4 is 10.2 Å². The molecule has 2 aromatic rings. The number of nitrogens with one attached hydrogen (secondary N) is 1. The molecular formula is C24H29N3O. The summed E-state index contributed by atoms with van der Waals surface area (Å²) in [5, 5.41) is 2.94. The summed E-state index contributed by atoms with van der Waals surface area (Å²) in [5.41, 5.74) is 6.10. The van der Waals surface area contributed by atoms with Gasteiger partial charge in [0.05, 0.1) is 0 Å². The average Bonchev–Trinajstić information content (AvgIpc) is 2.72. The Morgan fingerprint density at radius 1 is 1.00 bits per heavy atom. The normalized spacial score (nSPS) is 17.6. The number of hydrogen-bond donors (Lipinski definition) is 1. The van der Waals surface area contributed by atoms with E-state index in [4.69, 9.17) is 0 Å². The second kappa shape index (κ2) is 8.61. The Kier molecular flexibility index (Phi) is 5.77. The van der Waals surface area contributed by atoms with Crippen LogP contribution in [0.2, 0.25) is 0 Å². The van der Waals surface area contributed by atoms with E-state index in [0.717, 1.165) is 51.3 Å². The van der Waals surface area contributed by atoms with Gasteiger partial charge in [0, 0.05) is 50.5 Å². The van der Waals surface area contributed by atoms with Gasteiger partial charge < -0.3 is 10.2 Å². The van der Waals surface area contributed by atoms with Crippen LogP contribution in [0.3, 0.4) is 0 Å². The number of amides is 1. The number of fused-ring (bicyclic) bond motifs is 1. The van der Waals surface area contributed by atoms with Gasteiger partial charge in [0.1, 0.15) is 0 Å². The molecule has 2 heterocycles. The Morgan fingerprint density at radius 2 is 1.79 bits per heavy atom. The van der Waals surface area contributed by atoms with Crippen molar-refractivity contribution in [2.45, 2.75) is 26.2 Å². The minimum atomic E-state index is 0.123. The first-order valence-electron chi connectivity index (χ1n) is 10.3. The van der Waals surface area contributed by atoms with Crippen LogP contribution in [0.1, 0.15) is 29.5 Å². The SMILES string of the molecule is Cc1ccc(N2CCN(CCC=Cc3ccc4c(c3)CCC(=O)N4)CC2)cc1. The number of benzene rings is 2. The molecule has 146 valence electrons. The van der Waals surface area contributed by atoms with Gasteiger partial charge in [-0.15, -0.1) is 0 Å².